The number of thiazole rings is 1. The molecule has 0 saturated carbocycles. The second kappa shape index (κ2) is 10.3. The summed E-state index contributed by atoms with van der Waals surface area (Å²) >= 11 is 1.39. The third-order valence-electron chi connectivity index (χ3n) is 5.63. The summed E-state index contributed by atoms with van der Waals surface area (Å²) in [4.78, 5) is 11.5. The summed E-state index contributed by atoms with van der Waals surface area (Å²) < 4.78 is 29.4. The second-order valence-corrected chi connectivity index (χ2v) is 11.0. The summed E-state index contributed by atoms with van der Waals surface area (Å²) in [6.07, 6.45) is 3.65. The van der Waals surface area contributed by atoms with Crippen molar-refractivity contribution in [2.45, 2.75) is 37.7 Å². The molecule has 0 amide bonds. The van der Waals surface area contributed by atoms with Gasteiger partial charge in [0.15, 0.2) is 5.13 Å². The Balaban J connectivity index is 1.50. The maximum absolute atomic E-state index is 11.8. The molecule has 1 aliphatic rings. The molecule has 182 valence electrons. The Bertz CT molecular complexity index is 1220. The van der Waals surface area contributed by atoms with Gasteiger partial charge in [0.1, 0.15) is 11.6 Å². The lowest BCUT2D eigenvalue weighted by molar-refractivity contribution is 0.203. The Morgan fingerprint density at radius 2 is 2.03 bits per heavy atom. The highest BCUT2D eigenvalue weighted by atomic mass is 32.2. The fourth-order valence-corrected chi connectivity index (χ4v) is 5.06. The number of aliphatic hydroxyl groups excluding tert-OH is 1. The van der Waals surface area contributed by atoms with E-state index in [1.54, 1.807) is 12.3 Å². The smallest absolute Gasteiger partial charge is 0.238 e. The molecule has 1 fully saturated rings. The Labute approximate surface area is 203 Å². The van der Waals surface area contributed by atoms with Crippen molar-refractivity contribution in [2.75, 3.05) is 29.9 Å². The summed E-state index contributed by atoms with van der Waals surface area (Å²) in [6.45, 7) is 5.81. The number of aromatic nitrogens is 2. The molecule has 1 saturated heterocycles. The number of pyridine rings is 1. The van der Waals surface area contributed by atoms with E-state index >= 15 is 0 Å². The number of hydrogen-bond donors (Lipinski definition) is 3. The van der Waals surface area contributed by atoms with E-state index in [4.69, 9.17) is 9.88 Å². The Morgan fingerprint density at radius 3 is 2.65 bits per heavy atom. The number of anilines is 3. The van der Waals surface area contributed by atoms with Crippen LogP contribution < -0.4 is 20.1 Å². The largest absolute Gasteiger partial charge is 0.489 e. The van der Waals surface area contributed by atoms with Crippen LogP contribution in [0.1, 0.15) is 26.7 Å². The van der Waals surface area contributed by atoms with E-state index < -0.39 is 10.0 Å². The molecule has 1 aliphatic heterocycles. The van der Waals surface area contributed by atoms with E-state index in [9.17, 15) is 13.5 Å². The van der Waals surface area contributed by atoms with Crippen molar-refractivity contribution in [1.29, 1.82) is 0 Å². The van der Waals surface area contributed by atoms with Crippen LogP contribution in [0, 0.1) is 5.92 Å². The summed E-state index contributed by atoms with van der Waals surface area (Å²) in [7, 11) is -3.86. The van der Waals surface area contributed by atoms with Gasteiger partial charge in [-0.15, -0.1) is 11.3 Å². The van der Waals surface area contributed by atoms with Crippen molar-refractivity contribution in [3.05, 3.63) is 41.9 Å². The lowest BCUT2D eigenvalue weighted by Crippen LogP contribution is -2.35. The minimum absolute atomic E-state index is 0.00861. The number of hydrogen-bond acceptors (Lipinski definition) is 9. The van der Waals surface area contributed by atoms with Crippen LogP contribution in [0.3, 0.4) is 0 Å². The van der Waals surface area contributed by atoms with Gasteiger partial charge in [-0.3, -0.25) is 0 Å². The van der Waals surface area contributed by atoms with Crippen LogP contribution in [0.2, 0.25) is 0 Å². The number of ether oxygens (including phenoxy) is 1. The molecule has 2 aromatic heterocycles. The molecule has 4 N–H and O–H groups in total. The van der Waals surface area contributed by atoms with E-state index in [1.807, 2.05) is 31.4 Å². The average Bonchev–Trinajstić information content (AvgIpc) is 3.28. The Kier molecular flexibility index (Phi) is 7.36. The number of piperidine rings is 1. The van der Waals surface area contributed by atoms with Gasteiger partial charge in [-0.1, -0.05) is 0 Å². The van der Waals surface area contributed by atoms with Gasteiger partial charge in [0.2, 0.25) is 10.0 Å². The number of rotatable bonds is 8. The summed E-state index contributed by atoms with van der Waals surface area (Å²) in [6, 6.07) is 8.44. The third kappa shape index (κ3) is 5.84. The lowest BCUT2D eigenvalue weighted by Gasteiger charge is -2.31. The molecule has 0 radical (unpaired) electrons. The standard InChI is InChI=1S/C23H29N5O4S2/c1-15(2)32-21-5-4-18(34(24,30)31)11-19(21)26-23-27-20(14-33-23)17-3-6-22(25-12-17)28-9-7-16(13-29)8-10-28/h3-6,11-12,14-16,29H,7-10,13H2,1-2H3,(H,26,27)(H2,24,30,31). The second-order valence-electron chi connectivity index (χ2n) is 8.55. The molecule has 0 aliphatic carbocycles. The van der Waals surface area contributed by atoms with E-state index in [1.165, 1.54) is 23.5 Å². The van der Waals surface area contributed by atoms with Crippen LogP contribution in [0.4, 0.5) is 16.6 Å². The van der Waals surface area contributed by atoms with Crippen LogP contribution in [-0.2, 0) is 10.0 Å². The predicted molar refractivity (Wildman–Crippen MR) is 134 cm³/mol. The van der Waals surface area contributed by atoms with Gasteiger partial charge in [-0.05, 0) is 62.9 Å². The van der Waals surface area contributed by atoms with E-state index in [0.717, 1.165) is 43.0 Å². The zero-order chi connectivity index (χ0) is 24.3. The van der Waals surface area contributed by atoms with Gasteiger partial charge >= 0.3 is 0 Å². The van der Waals surface area contributed by atoms with Crippen molar-refractivity contribution in [3.8, 4) is 17.0 Å². The normalized spacial score (nSPS) is 15.0. The van der Waals surface area contributed by atoms with Crippen molar-refractivity contribution < 1.29 is 18.3 Å². The highest BCUT2D eigenvalue weighted by Gasteiger charge is 2.20. The maximum atomic E-state index is 11.8. The summed E-state index contributed by atoms with van der Waals surface area (Å²) in [5.41, 5.74) is 2.12. The molecule has 11 heteroatoms. The van der Waals surface area contributed by atoms with Crippen molar-refractivity contribution in [3.63, 3.8) is 0 Å². The van der Waals surface area contributed by atoms with Crippen molar-refractivity contribution in [1.82, 2.24) is 9.97 Å². The first-order valence-corrected chi connectivity index (χ1v) is 13.5. The van der Waals surface area contributed by atoms with Gasteiger partial charge in [0, 0.05) is 36.8 Å². The minimum atomic E-state index is -3.86. The number of nitrogens with two attached hydrogens (primary N) is 1. The first-order valence-electron chi connectivity index (χ1n) is 11.1. The fraction of sp³-hybridized carbons (Fsp3) is 0.391. The first kappa shape index (κ1) is 24.4. The SMILES string of the molecule is CC(C)Oc1ccc(S(N)(=O)=O)cc1Nc1nc(-c2ccc(N3CCC(CO)CC3)nc2)cs1. The summed E-state index contributed by atoms with van der Waals surface area (Å²) in [5, 5.41) is 20.3. The third-order valence-corrected chi connectivity index (χ3v) is 7.30. The topological polar surface area (TPSA) is 131 Å². The minimum Gasteiger partial charge on any atom is -0.489 e. The molecule has 0 atom stereocenters. The van der Waals surface area contributed by atoms with Crippen LogP contribution in [0.15, 0.2) is 46.8 Å². The zero-order valence-corrected chi connectivity index (χ0v) is 20.8. The van der Waals surface area contributed by atoms with Crippen LogP contribution in [0.25, 0.3) is 11.3 Å². The van der Waals surface area contributed by atoms with Crippen LogP contribution in [-0.4, -0.2) is 49.3 Å². The highest BCUT2D eigenvalue weighted by molar-refractivity contribution is 7.89. The van der Waals surface area contributed by atoms with Crippen molar-refractivity contribution >= 4 is 38.0 Å². The molecule has 0 unspecified atom stereocenters. The molecule has 1 aromatic carbocycles. The lowest BCUT2D eigenvalue weighted by atomic mass is 9.98. The van der Waals surface area contributed by atoms with E-state index in [0.29, 0.717) is 22.5 Å². The summed E-state index contributed by atoms with van der Waals surface area (Å²) in [5.74, 6) is 1.81. The molecule has 3 heterocycles. The van der Waals surface area contributed by atoms with Gasteiger partial charge in [-0.2, -0.15) is 0 Å². The first-order chi connectivity index (χ1) is 16.2. The van der Waals surface area contributed by atoms with Crippen molar-refractivity contribution in [2.24, 2.45) is 11.1 Å². The molecule has 3 aromatic rings. The molecule has 9 nitrogen and oxygen atoms in total. The number of aliphatic hydroxyl groups is 1. The average molecular weight is 504 g/mol. The Morgan fingerprint density at radius 1 is 1.26 bits per heavy atom. The fourth-order valence-electron chi connectivity index (χ4n) is 3.79. The number of nitrogens with one attached hydrogen (secondary N) is 1. The van der Waals surface area contributed by atoms with E-state index in [2.05, 4.69) is 20.2 Å². The number of benzene rings is 1. The Hall–Kier alpha value is -2.73. The number of primary sulfonamides is 1. The van der Waals surface area contributed by atoms with Crippen LogP contribution in [0.5, 0.6) is 5.75 Å². The van der Waals surface area contributed by atoms with Gasteiger partial charge in [0.25, 0.3) is 0 Å². The number of nitrogens with zero attached hydrogens (tertiary/aromatic N) is 3. The van der Waals surface area contributed by atoms with Gasteiger partial charge < -0.3 is 20.1 Å². The van der Waals surface area contributed by atoms with E-state index in [-0.39, 0.29) is 17.6 Å². The maximum Gasteiger partial charge on any atom is 0.238 e. The molecule has 34 heavy (non-hydrogen) atoms. The van der Waals surface area contributed by atoms with Gasteiger partial charge in [-0.25, -0.2) is 23.5 Å². The molecular formula is C23H29N5O4S2. The highest BCUT2D eigenvalue weighted by Crippen LogP contribution is 2.34. The molecular weight excluding hydrogens is 474 g/mol. The number of sulfonamides is 1. The molecule has 0 spiro atoms. The predicted octanol–water partition coefficient (Wildman–Crippen LogP) is 3.59. The van der Waals surface area contributed by atoms with Crippen LogP contribution >= 0.6 is 11.3 Å². The molecule has 4 rings (SSSR count). The van der Waals surface area contributed by atoms with Gasteiger partial charge in [0.05, 0.1) is 22.4 Å². The zero-order valence-electron chi connectivity index (χ0n) is 19.1. The monoisotopic (exact) mass is 503 g/mol. The quantitative estimate of drug-likeness (QED) is 0.425. The molecule has 0 bridgehead atoms.